The zero-order valence-electron chi connectivity index (χ0n) is 14.0. The van der Waals surface area contributed by atoms with E-state index >= 15 is 0 Å². The normalized spacial score (nSPS) is 11.0. The molecule has 0 amide bonds. The molecule has 2 heterocycles. The minimum absolute atomic E-state index is 0.588. The van der Waals surface area contributed by atoms with Gasteiger partial charge in [-0.2, -0.15) is 0 Å². The quantitative estimate of drug-likeness (QED) is 0.402. The van der Waals surface area contributed by atoms with Gasteiger partial charge >= 0.3 is 0 Å². The topological polar surface area (TPSA) is 37.8 Å². The first-order chi connectivity index (χ1) is 12.7. The fourth-order valence-corrected chi connectivity index (χ4v) is 4.08. The van der Waals surface area contributed by atoms with E-state index in [0.29, 0.717) is 10.0 Å². The van der Waals surface area contributed by atoms with Crippen LogP contribution in [0.15, 0.2) is 54.2 Å². The summed E-state index contributed by atoms with van der Waals surface area (Å²) < 4.78 is 0. The lowest BCUT2D eigenvalue weighted by atomic mass is 10.0. The lowest BCUT2D eigenvalue weighted by Crippen LogP contribution is -1.96. The van der Waals surface area contributed by atoms with Crippen molar-refractivity contribution >= 4 is 56.3 Å². The Balaban J connectivity index is 1.82. The van der Waals surface area contributed by atoms with Crippen molar-refractivity contribution in [1.82, 2.24) is 9.97 Å². The van der Waals surface area contributed by atoms with Gasteiger partial charge in [-0.1, -0.05) is 54.4 Å². The van der Waals surface area contributed by atoms with Gasteiger partial charge in [0.15, 0.2) is 0 Å². The van der Waals surface area contributed by atoms with E-state index in [2.05, 4.69) is 51.9 Å². The van der Waals surface area contributed by atoms with Crippen LogP contribution in [0.3, 0.4) is 0 Å². The minimum Gasteiger partial charge on any atom is -0.338 e. The van der Waals surface area contributed by atoms with Gasteiger partial charge in [-0.25, -0.2) is 9.97 Å². The molecule has 3 nitrogen and oxygen atoms in total. The van der Waals surface area contributed by atoms with Gasteiger partial charge in [0.2, 0.25) is 0 Å². The van der Waals surface area contributed by atoms with Gasteiger partial charge in [0.1, 0.15) is 17.0 Å². The highest BCUT2D eigenvalue weighted by molar-refractivity contribution is 7.17. The first-order valence-electron chi connectivity index (χ1n) is 8.19. The molecule has 0 saturated carbocycles. The number of nitrogens with one attached hydrogen (secondary N) is 1. The summed E-state index contributed by atoms with van der Waals surface area (Å²) in [6, 6.07) is 13.9. The fourth-order valence-electron chi connectivity index (χ4n) is 2.82. The van der Waals surface area contributed by atoms with Crippen molar-refractivity contribution in [3.8, 4) is 11.1 Å². The molecule has 0 aliphatic heterocycles. The Morgan fingerprint density at radius 1 is 1.04 bits per heavy atom. The van der Waals surface area contributed by atoms with Crippen molar-refractivity contribution in [2.75, 3.05) is 5.32 Å². The average Bonchev–Trinajstić information content (AvgIpc) is 3.10. The van der Waals surface area contributed by atoms with E-state index in [1.165, 1.54) is 5.56 Å². The van der Waals surface area contributed by atoms with Crippen molar-refractivity contribution in [3.63, 3.8) is 0 Å². The van der Waals surface area contributed by atoms with Crippen LogP contribution in [-0.2, 0) is 6.42 Å². The van der Waals surface area contributed by atoms with Gasteiger partial charge in [0.25, 0.3) is 0 Å². The first kappa shape index (κ1) is 17.3. The number of rotatable bonds is 4. The molecular formula is C20H15Cl2N3S. The van der Waals surface area contributed by atoms with E-state index in [1.54, 1.807) is 35.9 Å². The molecule has 0 aliphatic rings. The van der Waals surface area contributed by atoms with Crippen molar-refractivity contribution in [3.05, 3.63) is 69.8 Å². The summed E-state index contributed by atoms with van der Waals surface area (Å²) in [6.45, 7) is 2.15. The maximum atomic E-state index is 6.30. The summed E-state index contributed by atoms with van der Waals surface area (Å²) in [6.07, 6.45) is 2.58. The van der Waals surface area contributed by atoms with Crippen molar-refractivity contribution in [1.29, 1.82) is 0 Å². The Morgan fingerprint density at radius 2 is 1.85 bits per heavy atom. The summed E-state index contributed by atoms with van der Waals surface area (Å²) >= 11 is 14.0. The molecule has 2 aromatic heterocycles. The van der Waals surface area contributed by atoms with Crippen LogP contribution < -0.4 is 5.32 Å². The van der Waals surface area contributed by atoms with Gasteiger partial charge in [-0.15, -0.1) is 11.3 Å². The van der Waals surface area contributed by atoms with Crippen LogP contribution in [0.1, 0.15) is 12.5 Å². The zero-order valence-corrected chi connectivity index (χ0v) is 16.3. The molecular weight excluding hydrogens is 385 g/mol. The third kappa shape index (κ3) is 3.28. The Labute approximate surface area is 165 Å². The number of hydrogen-bond donors (Lipinski definition) is 1. The first-order valence-corrected chi connectivity index (χ1v) is 9.83. The largest absolute Gasteiger partial charge is 0.338 e. The molecule has 0 bridgehead atoms. The Morgan fingerprint density at radius 3 is 2.62 bits per heavy atom. The molecule has 1 N–H and O–H groups in total. The van der Waals surface area contributed by atoms with Gasteiger partial charge in [0, 0.05) is 16.0 Å². The monoisotopic (exact) mass is 399 g/mol. The van der Waals surface area contributed by atoms with Crippen molar-refractivity contribution in [2.45, 2.75) is 13.3 Å². The van der Waals surface area contributed by atoms with E-state index < -0.39 is 0 Å². The zero-order chi connectivity index (χ0) is 18.1. The summed E-state index contributed by atoms with van der Waals surface area (Å²) in [7, 11) is 0. The number of thiophene rings is 1. The summed E-state index contributed by atoms with van der Waals surface area (Å²) in [5.41, 5.74) is 4.28. The number of fused-ring (bicyclic) bond motifs is 1. The van der Waals surface area contributed by atoms with Gasteiger partial charge < -0.3 is 5.32 Å². The second-order valence-corrected chi connectivity index (χ2v) is 7.55. The lowest BCUT2D eigenvalue weighted by molar-refractivity contribution is 1.14. The minimum atomic E-state index is 0.588. The second kappa shape index (κ2) is 7.23. The third-order valence-electron chi connectivity index (χ3n) is 4.22. The van der Waals surface area contributed by atoms with Gasteiger partial charge in [-0.3, -0.25) is 0 Å². The molecule has 26 heavy (non-hydrogen) atoms. The molecule has 2 aromatic carbocycles. The fraction of sp³-hybridized carbons (Fsp3) is 0.100. The van der Waals surface area contributed by atoms with E-state index in [-0.39, 0.29) is 0 Å². The highest BCUT2D eigenvalue weighted by atomic mass is 35.5. The molecule has 4 rings (SSSR count). The van der Waals surface area contributed by atoms with Crippen LogP contribution in [0.2, 0.25) is 10.0 Å². The van der Waals surface area contributed by atoms with Crippen LogP contribution in [-0.4, -0.2) is 9.97 Å². The summed E-state index contributed by atoms with van der Waals surface area (Å²) in [4.78, 5) is 9.79. The van der Waals surface area contributed by atoms with Gasteiger partial charge in [-0.05, 0) is 35.7 Å². The molecule has 6 heteroatoms. The van der Waals surface area contributed by atoms with Gasteiger partial charge in [0.05, 0.1) is 16.1 Å². The molecule has 130 valence electrons. The second-order valence-electron chi connectivity index (χ2n) is 5.85. The predicted octanol–water partition coefficient (Wildman–Crippen LogP) is 6.97. The number of anilines is 2. The Hall–Kier alpha value is -2.14. The van der Waals surface area contributed by atoms with Crippen LogP contribution in [0, 0.1) is 0 Å². The molecule has 0 atom stereocenters. The molecule has 0 spiro atoms. The smallest absolute Gasteiger partial charge is 0.143 e. The molecule has 4 aromatic rings. The SMILES string of the molecule is CCc1ccc(-c2csc3ncnc(Nc4cc(Cl)ccc4Cl)c23)cc1. The maximum Gasteiger partial charge on any atom is 0.143 e. The van der Waals surface area contributed by atoms with Crippen LogP contribution in [0.4, 0.5) is 11.5 Å². The third-order valence-corrected chi connectivity index (χ3v) is 5.68. The number of aromatic nitrogens is 2. The molecule has 0 unspecified atom stereocenters. The maximum absolute atomic E-state index is 6.30. The van der Waals surface area contributed by atoms with Crippen molar-refractivity contribution in [2.24, 2.45) is 0 Å². The van der Waals surface area contributed by atoms with Crippen LogP contribution in [0.5, 0.6) is 0 Å². The van der Waals surface area contributed by atoms with Crippen LogP contribution >= 0.6 is 34.5 Å². The number of halogens is 2. The molecule has 0 radical (unpaired) electrons. The lowest BCUT2D eigenvalue weighted by Gasteiger charge is -2.10. The van der Waals surface area contributed by atoms with E-state index in [0.717, 1.165) is 39.3 Å². The molecule has 0 saturated heterocycles. The highest BCUT2D eigenvalue weighted by Crippen LogP contribution is 2.38. The Bertz CT molecular complexity index is 1070. The standard InChI is InChI=1S/C20H15Cl2N3S/c1-2-12-3-5-13(6-4-12)15-10-26-20-18(15)19(23-11-24-20)25-17-9-14(21)7-8-16(17)22/h3-11H,2H2,1H3,(H,23,24,25). The van der Waals surface area contributed by atoms with Crippen molar-refractivity contribution < 1.29 is 0 Å². The molecule has 0 aliphatic carbocycles. The summed E-state index contributed by atoms with van der Waals surface area (Å²) in [5, 5.41) is 7.62. The number of aryl methyl sites for hydroxylation is 1. The van der Waals surface area contributed by atoms with E-state index in [1.807, 2.05) is 0 Å². The molecule has 0 fully saturated rings. The average molecular weight is 400 g/mol. The van der Waals surface area contributed by atoms with E-state index in [4.69, 9.17) is 23.2 Å². The summed E-state index contributed by atoms with van der Waals surface area (Å²) in [5.74, 6) is 0.718. The van der Waals surface area contributed by atoms with E-state index in [9.17, 15) is 0 Å². The Kier molecular flexibility index (Phi) is 4.81. The number of hydrogen-bond acceptors (Lipinski definition) is 4. The number of benzene rings is 2. The number of nitrogens with zero attached hydrogens (tertiary/aromatic N) is 2. The van der Waals surface area contributed by atoms with Crippen LogP contribution in [0.25, 0.3) is 21.3 Å². The predicted molar refractivity (Wildman–Crippen MR) is 112 cm³/mol. The highest BCUT2D eigenvalue weighted by Gasteiger charge is 2.14.